The molecule has 5 unspecified atom stereocenters. The monoisotopic (exact) mass is 488 g/mol. The third-order valence-electron chi connectivity index (χ3n) is 7.39. The van der Waals surface area contributed by atoms with Crippen LogP contribution in [0.5, 0.6) is 0 Å². The second-order valence-corrected chi connectivity index (χ2v) is 11.1. The Bertz CT molecular complexity index is 973. The molecular weight excluding hydrogens is 451 g/mol. The van der Waals surface area contributed by atoms with Gasteiger partial charge >= 0.3 is 6.09 Å². The number of likely N-dealkylation sites (tertiary alicyclic amines) is 1. The number of nitrogens with one attached hydrogen (secondary N) is 2. The van der Waals surface area contributed by atoms with Crippen molar-refractivity contribution < 1.29 is 23.5 Å². The first-order chi connectivity index (χ1) is 16.5. The van der Waals surface area contributed by atoms with Crippen LogP contribution in [0.4, 0.5) is 9.18 Å². The van der Waals surface area contributed by atoms with E-state index in [-0.39, 0.29) is 24.3 Å². The molecule has 1 saturated carbocycles. The van der Waals surface area contributed by atoms with E-state index in [1.807, 2.05) is 6.07 Å². The van der Waals surface area contributed by atoms with Crippen LogP contribution in [-0.4, -0.2) is 59.6 Å². The highest BCUT2D eigenvalue weighted by atomic mass is 19.1. The largest absolute Gasteiger partial charge is 0.444 e. The average Bonchev–Trinajstić information content (AvgIpc) is 3.41. The summed E-state index contributed by atoms with van der Waals surface area (Å²) in [4.78, 5) is 39.9. The van der Waals surface area contributed by atoms with E-state index in [2.05, 4.69) is 10.6 Å². The number of rotatable bonds is 6. The number of hydrogen-bond donors (Lipinski definition) is 3. The highest BCUT2D eigenvalue weighted by Gasteiger charge is 2.52. The number of fused-ring (bicyclic) bond motifs is 2. The Morgan fingerprint density at radius 3 is 2.66 bits per heavy atom. The molecule has 8 nitrogen and oxygen atoms in total. The van der Waals surface area contributed by atoms with Crippen LogP contribution in [0.2, 0.25) is 0 Å². The van der Waals surface area contributed by atoms with Crippen LogP contribution in [0.3, 0.4) is 0 Å². The van der Waals surface area contributed by atoms with Gasteiger partial charge in [-0.3, -0.25) is 14.5 Å². The fourth-order valence-electron chi connectivity index (χ4n) is 5.72. The smallest absolute Gasteiger partial charge is 0.411 e. The van der Waals surface area contributed by atoms with Gasteiger partial charge in [-0.2, -0.15) is 0 Å². The van der Waals surface area contributed by atoms with Gasteiger partial charge in [0.25, 0.3) is 0 Å². The molecule has 4 N–H and O–H groups in total. The zero-order valence-corrected chi connectivity index (χ0v) is 20.8. The molecule has 35 heavy (non-hydrogen) atoms. The molecule has 3 amide bonds. The van der Waals surface area contributed by atoms with Crippen molar-refractivity contribution in [1.82, 2.24) is 15.5 Å². The van der Waals surface area contributed by atoms with Gasteiger partial charge in [0.2, 0.25) is 11.8 Å². The fourth-order valence-corrected chi connectivity index (χ4v) is 5.72. The lowest BCUT2D eigenvalue weighted by molar-refractivity contribution is -0.132. The maximum atomic E-state index is 15.0. The number of ether oxygens (including phenoxy) is 1. The van der Waals surface area contributed by atoms with E-state index in [1.165, 1.54) is 11.0 Å². The number of hydrogen-bond acceptors (Lipinski definition) is 5. The summed E-state index contributed by atoms with van der Waals surface area (Å²) in [6, 6.07) is 3.21. The molecule has 4 rings (SSSR count). The molecule has 1 aliphatic carbocycles. The Hall–Kier alpha value is -2.68. The van der Waals surface area contributed by atoms with Crippen molar-refractivity contribution >= 4 is 17.9 Å². The Morgan fingerprint density at radius 2 is 2.03 bits per heavy atom. The zero-order chi connectivity index (χ0) is 25.3. The van der Waals surface area contributed by atoms with Crippen LogP contribution in [-0.2, 0) is 20.7 Å². The quantitative estimate of drug-likeness (QED) is 0.570. The molecule has 0 spiro atoms. The van der Waals surface area contributed by atoms with Crippen molar-refractivity contribution in [3.05, 3.63) is 35.1 Å². The number of halogens is 1. The van der Waals surface area contributed by atoms with E-state index in [0.717, 1.165) is 50.8 Å². The van der Waals surface area contributed by atoms with Crippen LogP contribution in [0.25, 0.3) is 0 Å². The first-order valence-electron chi connectivity index (χ1n) is 12.6. The van der Waals surface area contributed by atoms with E-state index >= 15 is 0 Å². The molecule has 5 atom stereocenters. The normalized spacial score (nSPS) is 26.9. The maximum absolute atomic E-state index is 15.0. The zero-order valence-electron chi connectivity index (χ0n) is 20.8. The third-order valence-corrected chi connectivity index (χ3v) is 7.39. The number of piperidine rings is 2. The summed E-state index contributed by atoms with van der Waals surface area (Å²) in [5.41, 5.74) is 6.15. The molecule has 1 aromatic carbocycles. The van der Waals surface area contributed by atoms with Gasteiger partial charge in [-0.25, -0.2) is 9.18 Å². The van der Waals surface area contributed by atoms with Crippen LogP contribution in [0.1, 0.15) is 69.9 Å². The Balaban J connectivity index is 1.46. The number of benzene rings is 1. The summed E-state index contributed by atoms with van der Waals surface area (Å²) in [5.74, 6) is -1.34. The number of nitrogens with two attached hydrogens (primary N) is 1. The second-order valence-electron chi connectivity index (χ2n) is 11.1. The van der Waals surface area contributed by atoms with Gasteiger partial charge in [0.15, 0.2) is 0 Å². The molecule has 1 aromatic rings. The van der Waals surface area contributed by atoms with Crippen molar-refractivity contribution in [1.29, 1.82) is 0 Å². The van der Waals surface area contributed by atoms with Crippen molar-refractivity contribution in [2.75, 3.05) is 13.1 Å². The van der Waals surface area contributed by atoms with Gasteiger partial charge in [-0.1, -0.05) is 12.1 Å². The minimum Gasteiger partial charge on any atom is -0.444 e. The van der Waals surface area contributed by atoms with Crippen molar-refractivity contribution in [3.63, 3.8) is 0 Å². The lowest BCUT2D eigenvalue weighted by Crippen LogP contribution is -2.57. The fraction of sp³-hybridized carbons (Fsp3) is 0.654. The van der Waals surface area contributed by atoms with Gasteiger partial charge in [-0.05, 0) is 88.4 Å². The van der Waals surface area contributed by atoms with E-state index in [4.69, 9.17) is 10.5 Å². The summed E-state index contributed by atoms with van der Waals surface area (Å²) in [7, 11) is 0. The maximum Gasteiger partial charge on any atom is 0.411 e. The van der Waals surface area contributed by atoms with Crippen LogP contribution < -0.4 is 16.4 Å². The predicted molar refractivity (Wildman–Crippen MR) is 129 cm³/mol. The van der Waals surface area contributed by atoms with Gasteiger partial charge < -0.3 is 21.1 Å². The van der Waals surface area contributed by atoms with Crippen LogP contribution in [0, 0.1) is 11.7 Å². The predicted octanol–water partition coefficient (Wildman–Crippen LogP) is 2.59. The lowest BCUT2D eigenvalue weighted by Gasteiger charge is -2.36. The molecule has 192 valence electrons. The third kappa shape index (κ3) is 5.77. The topological polar surface area (TPSA) is 114 Å². The number of amides is 3. The van der Waals surface area contributed by atoms with Crippen molar-refractivity contribution in [2.24, 2.45) is 11.7 Å². The van der Waals surface area contributed by atoms with E-state index in [1.54, 1.807) is 26.8 Å². The number of carbonyl (C=O) groups is 3. The molecule has 2 heterocycles. The SMILES string of the molecule is CC(C)(C)OC(=O)N1C2CCC(C2)C1C(=O)NC(Cc1ccc(C2CCCNC2)cc1F)C(N)=O. The summed E-state index contributed by atoms with van der Waals surface area (Å²) in [6.45, 7) is 7.13. The first-order valence-corrected chi connectivity index (χ1v) is 12.6. The molecule has 3 fully saturated rings. The molecule has 2 aliphatic heterocycles. The summed E-state index contributed by atoms with van der Waals surface area (Å²) in [5, 5.41) is 6.04. The lowest BCUT2D eigenvalue weighted by atomic mass is 9.90. The summed E-state index contributed by atoms with van der Waals surface area (Å²) < 4.78 is 20.5. The van der Waals surface area contributed by atoms with E-state index in [9.17, 15) is 18.8 Å². The Kier molecular flexibility index (Phi) is 7.35. The molecule has 2 saturated heterocycles. The van der Waals surface area contributed by atoms with Crippen molar-refractivity contribution in [2.45, 2.75) is 88.9 Å². The molecule has 3 aliphatic rings. The summed E-state index contributed by atoms with van der Waals surface area (Å²) >= 11 is 0. The Morgan fingerprint density at radius 1 is 1.26 bits per heavy atom. The first kappa shape index (κ1) is 25.4. The number of primary amides is 1. The standard InChI is InChI=1S/C26H37FN4O4/c1-26(2,3)35-25(34)31-19-9-8-17(11-19)22(31)24(33)30-21(23(28)32)13-16-7-6-15(12-20(16)27)18-5-4-10-29-14-18/h6-7,12,17-19,21-22,29H,4-5,8-11,13-14H2,1-3H3,(H2,28,32)(H,30,33). The molecule has 0 aromatic heterocycles. The molecule has 0 radical (unpaired) electrons. The molecule has 2 bridgehead atoms. The van der Waals surface area contributed by atoms with Crippen LogP contribution in [0.15, 0.2) is 18.2 Å². The van der Waals surface area contributed by atoms with Gasteiger partial charge in [-0.15, -0.1) is 0 Å². The van der Waals surface area contributed by atoms with Crippen molar-refractivity contribution in [3.8, 4) is 0 Å². The second kappa shape index (κ2) is 10.1. The number of nitrogens with zero attached hydrogens (tertiary/aromatic N) is 1. The van der Waals surface area contributed by atoms with Gasteiger partial charge in [0, 0.05) is 19.0 Å². The molecular formula is C26H37FN4O4. The van der Waals surface area contributed by atoms with Crippen LogP contribution >= 0.6 is 0 Å². The molecule has 9 heteroatoms. The minimum absolute atomic E-state index is 0.00108. The van der Waals surface area contributed by atoms with E-state index in [0.29, 0.717) is 5.56 Å². The highest BCUT2D eigenvalue weighted by molar-refractivity contribution is 5.91. The summed E-state index contributed by atoms with van der Waals surface area (Å²) in [6.07, 6.45) is 3.85. The average molecular weight is 489 g/mol. The van der Waals surface area contributed by atoms with Gasteiger partial charge in [0.05, 0.1) is 0 Å². The minimum atomic E-state index is -1.08. The Labute approximate surface area is 206 Å². The van der Waals surface area contributed by atoms with E-state index < -0.39 is 41.4 Å². The number of carbonyl (C=O) groups excluding carboxylic acids is 3. The van der Waals surface area contributed by atoms with Gasteiger partial charge in [0.1, 0.15) is 23.5 Å². The highest BCUT2D eigenvalue weighted by Crippen LogP contribution is 2.43.